The molecule has 4 heteroatoms. The quantitative estimate of drug-likeness (QED) is 0.813. The lowest BCUT2D eigenvalue weighted by molar-refractivity contribution is 0.174. The topological polar surface area (TPSA) is 38.5 Å². The van der Waals surface area contributed by atoms with E-state index >= 15 is 0 Å². The van der Waals surface area contributed by atoms with E-state index in [0.29, 0.717) is 6.54 Å². The van der Waals surface area contributed by atoms with Gasteiger partial charge >= 0.3 is 0 Å². The summed E-state index contributed by atoms with van der Waals surface area (Å²) in [5, 5.41) is 0. The number of halogens is 1. The summed E-state index contributed by atoms with van der Waals surface area (Å²) in [6, 6.07) is 4.38. The average Bonchev–Trinajstić information content (AvgIpc) is 2.86. The minimum atomic E-state index is 0.144. The van der Waals surface area contributed by atoms with E-state index in [1.165, 1.54) is 11.1 Å². The molecule has 1 aliphatic rings. The van der Waals surface area contributed by atoms with Crippen molar-refractivity contribution in [3.05, 3.63) is 27.7 Å². The third-order valence-corrected chi connectivity index (χ3v) is 4.42. The zero-order chi connectivity index (χ0) is 15.5. The van der Waals surface area contributed by atoms with E-state index < -0.39 is 0 Å². The third kappa shape index (κ3) is 4.44. The molecule has 0 radical (unpaired) electrons. The predicted molar refractivity (Wildman–Crippen MR) is 91.7 cm³/mol. The van der Waals surface area contributed by atoms with Gasteiger partial charge in [0.05, 0.1) is 6.61 Å². The molecule has 0 unspecified atom stereocenters. The molecule has 1 aliphatic heterocycles. The molecular formula is C17H27BrN2O. The maximum absolute atomic E-state index is 5.90. The summed E-state index contributed by atoms with van der Waals surface area (Å²) in [4.78, 5) is 2.50. The Bertz CT molecular complexity index is 488. The first-order chi connectivity index (χ1) is 9.95. The van der Waals surface area contributed by atoms with Crippen molar-refractivity contribution >= 4 is 15.9 Å². The number of nitrogens with zero attached hydrogens (tertiary/aromatic N) is 1. The highest BCUT2D eigenvalue weighted by molar-refractivity contribution is 9.10. The third-order valence-electron chi connectivity index (χ3n) is 3.96. The van der Waals surface area contributed by atoms with Crippen LogP contribution in [0.2, 0.25) is 0 Å². The number of hydrogen-bond acceptors (Lipinski definition) is 3. The summed E-state index contributed by atoms with van der Waals surface area (Å²) in [5.74, 6) is 1.10. The maximum Gasteiger partial charge on any atom is 0.127 e. The maximum atomic E-state index is 5.90. The van der Waals surface area contributed by atoms with Gasteiger partial charge in [0.25, 0.3) is 0 Å². The smallest absolute Gasteiger partial charge is 0.127 e. The van der Waals surface area contributed by atoms with Gasteiger partial charge in [-0.3, -0.25) is 4.90 Å². The van der Waals surface area contributed by atoms with Crippen molar-refractivity contribution in [1.82, 2.24) is 4.90 Å². The van der Waals surface area contributed by atoms with Crippen molar-refractivity contribution in [2.45, 2.75) is 40.2 Å². The van der Waals surface area contributed by atoms with Gasteiger partial charge < -0.3 is 10.5 Å². The number of ether oxygens (including phenoxy) is 1. The second-order valence-corrected chi connectivity index (χ2v) is 7.65. The molecule has 0 spiro atoms. The van der Waals surface area contributed by atoms with E-state index in [0.717, 1.165) is 49.3 Å². The Kier molecular flexibility index (Phi) is 5.69. The predicted octanol–water partition coefficient (Wildman–Crippen LogP) is 3.58. The number of fused-ring (bicyclic) bond motifs is 1. The first-order valence-corrected chi connectivity index (χ1v) is 8.61. The molecule has 2 N–H and O–H groups in total. The lowest BCUT2D eigenvalue weighted by Crippen LogP contribution is -2.38. The summed E-state index contributed by atoms with van der Waals surface area (Å²) in [5.41, 5.74) is 8.66. The summed E-state index contributed by atoms with van der Waals surface area (Å²) in [6.07, 6.45) is 2.17. The standard InChI is InChI=1S/C17H27BrN2O/c1-4-6-20(12-17(2,3)11-19)10-14-9-15(18)8-13-5-7-21-16(13)14/h8-9H,4-7,10-12,19H2,1-3H3. The van der Waals surface area contributed by atoms with Crippen LogP contribution in [-0.4, -0.2) is 31.1 Å². The zero-order valence-electron chi connectivity index (χ0n) is 13.4. The summed E-state index contributed by atoms with van der Waals surface area (Å²) < 4.78 is 7.00. The normalized spacial score (nSPS) is 14.4. The van der Waals surface area contributed by atoms with Gasteiger partial charge in [-0.1, -0.05) is 36.7 Å². The first kappa shape index (κ1) is 16.8. The van der Waals surface area contributed by atoms with E-state index in [2.05, 4.69) is 53.7 Å². The molecule has 1 aromatic rings. The van der Waals surface area contributed by atoms with Crippen LogP contribution in [0.25, 0.3) is 0 Å². The number of hydrogen-bond donors (Lipinski definition) is 1. The van der Waals surface area contributed by atoms with Gasteiger partial charge in [0.2, 0.25) is 0 Å². The minimum absolute atomic E-state index is 0.144. The fourth-order valence-electron chi connectivity index (χ4n) is 2.90. The SMILES string of the molecule is CCCN(Cc1cc(Br)cc2c1OCC2)CC(C)(C)CN. The molecule has 21 heavy (non-hydrogen) atoms. The van der Waals surface area contributed by atoms with Crippen molar-refractivity contribution in [2.75, 3.05) is 26.2 Å². The monoisotopic (exact) mass is 354 g/mol. The molecule has 0 fully saturated rings. The Morgan fingerprint density at radius 2 is 2.14 bits per heavy atom. The van der Waals surface area contributed by atoms with E-state index in [4.69, 9.17) is 10.5 Å². The number of rotatable bonds is 7. The van der Waals surface area contributed by atoms with Crippen molar-refractivity contribution < 1.29 is 4.74 Å². The van der Waals surface area contributed by atoms with Gasteiger partial charge in [-0.2, -0.15) is 0 Å². The molecule has 3 nitrogen and oxygen atoms in total. The first-order valence-electron chi connectivity index (χ1n) is 7.81. The highest BCUT2D eigenvalue weighted by atomic mass is 79.9. The second kappa shape index (κ2) is 7.12. The van der Waals surface area contributed by atoms with Crippen molar-refractivity contribution in [2.24, 2.45) is 11.1 Å². The molecule has 0 saturated heterocycles. The fraction of sp³-hybridized carbons (Fsp3) is 0.647. The van der Waals surface area contributed by atoms with E-state index in [1.54, 1.807) is 0 Å². The second-order valence-electron chi connectivity index (χ2n) is 6.73. The van der Waals surface area contributed by atoms with Gasteiger partial charge in [-0.15, -0.1) is 0 Å². The lowest BCUT2D eigenvalue weighted by atomic mass is 9.92. The molecule has 0 amide bonds. The van der Waals surface area contributed by atoms with Crippen LogP contribution in [-0.2, 0) is 13.0 Å². The number of benzene rings is 1. The average molecular weight is 355 g/mol. The van der Waals surface area contributed by atoms with Gasteiger partial charge in [-0.25, -0.2) is 0 Å². The van der Waals surface area contributed by atoms with Crippen LogP contribution in [0, 0.1) is 5.41 Å². The van der Waals surface area contributed by atoms with Crippen LogP contribution in [0.5, 0.6) is 5.75 Å². The zero-order valence-corrected chi connectivity index (χ0v) is 15.0. The van der Waals surface area contributed by atoms with Crippen LogP contribution in [0.15, 0.2) is 16.6 Å². The van der Waals surface area contributed by atoms with E-state index in [9.17, 15) is 0 Å². The van der Waals surface area contributed by atoms with E-state index in [1.807, 2.05) is 0 Å². The Hall–Kier alpha value is -0.580. The molecular weight excluding hydrogens is 328 g/mol. The molecule has 0 aliphatic carbocycles. The molecule has 1 heterocycles. The Morgan fingerprint density at radius 3 is 2.81 bits per heavy atom. The van der Waals surface area contributed by atoms with Crippen molar-refractivity contribution in [1.29, 1.82) is 0 Å². The van der Waals surface area contributed by atoms with E-state index in [-0.39, 0.29) is 5.41 Å². The molecule has 0 saturated carbocycles. The van der Waals surface area contributed by atoms with Crippen molar-refractivity contribution in [3.63, 3.8) is 0 Å². The summed E-state index contributed by atoms with van der Waals surface area (Å²) in [6.45, 7) is 11.2. The summed E-state index contributed by atoms with van der Waals surface area (Å²) in [7, 11) is 0. The molecule has 118 valence electrons. The largest absolute Gasteiger partial charge is 0.493 e. The highest BCUT2D eigenvalue weighted by Crippen LogP contribution is 2.34. The molecule has 0 bridgehead atoms. The Morgan fingerprint density at radius 1 is 1.38 bits per heavy atom. The van der Waals surface area contributed by atoms with Gasteiger partial charge in [0.15, 0.2) is 0 Å². The highest BCUT2D eigenvalue weighted by Gasteiger charge is 2.23. The molecule has 2 rings (SSSR count). The Balaban J connectivity index is 2.17. The molecule has 0 aromatic heterocycles. The summed E-state index contributed by atoms with van der Waals surface area (Å²) >= 11 is 3.63. The van der Waals surface area contributed by atoms with Gasteiger partial charge in [-0.05, 0) is 42.6 Å². The molecule has 1 aromatic carbocycles. The van der Waals surface area contributed by atoms with Crippen LogP contribution in [0.3, 0.4) is 0 Å². The number of nitrogens with two attached hydrogens (primary N) is 1. The fourth-order valence-corrected chi connectivity index (χ4v) is 3.46. The van der Waals surface area contributed by atoms with Crippen molar-refractivity contribution in [3.8, 4) is 5.75 Å². The minimum Gasteiger partial charge on any atom is -0.493 e. The Labute approximate surface area is 137 Å². The van der Waals surface area contributed by atoms with Gasteiger partial charge in [0.1, 0.15) is 5.75 Å². The lowest BCUT2D eigenvalue weighted by Gasteiger charge is -2.32. The van der Waals surface area contributed by atoms with Gasteiger partial charge in [0, 0.05) is 29.5 Å². The van der Waals surface area contributed by atoms with Crippen LogP contribution >= 0.6 is 15.9 Å². The van der Waals surface area contributed by atoms with Crippen LogP contribution in [0.1, 0.15) is 38.3 Å². The molecule has 0 atom stereocenters. The van der Waals surface area contributed by atoms with Crippen LogP contribution in [0.4, 0.5) is 0 Å². The van der Waals surface area contributed by atoms with Crippen LogP contribution < -0.4 is 10.5 Å².